The quantitative estimate of drug-likeness (QED) is 0.811. The van der Waals surface area contributed by atoms with Crippen LogP contribution in [0.1, 0.15) is 48.8 Å². The number of ether oxygens (including phenoxy) is 1. The van der Waals surface area contributed by atoms with Crippen LogP contribution in [-0.2, 0) is 4.74 Å². The molecule has 0 aliphatic carbocycles. The van der Waals surface area contributed by atoms with Crippen molar-refractivity contribution in [3.8, 4) is 0 Å². The number of nitrogens with zero attached hydrogens (tertiary/aromatic N) is 1. The van der Waals surface area contributed by atoms with Gasteiger partial charge in [-0.25, -0.2) is 9.18 Å². The van der Waals surface area contributed by atoms with Gasteiger partial charge in [-0.1, -0.05) is 0 Å². The van der Waals surface area contributed by atoms with Gasteiger partial charge in [-0.2, -0.15) is 0 Å². The number of thiophene rings is 1. The lowest BCUT2D eigenvalue weighted by atomic mass is 10.1. The summed E-state index contributed by atoms with van der Waals surface area (Å²) in [6.45, 7) is 3.03. The van der Waals surface area contributed by atoms with Crippen LogP contribution in [0.5, 0.6) is 0 Å². The summed E-state index contributed by atoms with van der Waals surface area (Å²) < 4.78 is 17.9. The number of rotatable bonds is 4. The molecule has 0 radical (unpaired) electrons. The van der Waals surface area contributed by atoms with E-state index in [0.717, 1.165) is 24.2 Å². The first-order valence-electron chi connectivity index (χ1n) is 8.50. The average Bonchev–Trinajstić information content (AvgIpc) is 3.29. The molecule has 8 heteroatoms. The molecule has 1 fully saturated rings. The van der Waals surface area contributed by atoms with Gasteiger partial charge in [-0.15, -0.1) is 11.3 Å². The number of carbonyl (C=O) groups is 3. The highest BCUT2D eigenvalue weighted by Gasteiger charge is 2.29. The maximum absolute atomic E-state index is 13.1. The number of amides is 2. The fraction of sp³-hybridized carbons (Fsp3) is 0.316. The maximum atomic E-state index is 13.1. The highest BCUT2D eigenvalue weighted by molar-refractivity contribution is 7.18. The molecule has 27 heavy (non-hydrogen) atoms. The fourth-order valence-electron chi connectivity index (χ4n) is 2.99. The summed E-state index contributed by atoms with van der Waals surface area (Å²) in [6, 6.07) is 5.05. The lowest BCUT2D eigenvalue weighted by Crippen LogP contribution is -2.27. The molecule has 6 nitrogen and oxygen atoms in total. The van der Waals surface area contributed by atoms with E-state index in [2.05, 4.69) is 5.32 Å². The van der Waals surface area contributed by atoms with Crippen molar-refractivity contribution < 1.29 is 23.5 Å². The SMILES string of the molecule is COC(=O)c1c(NC(=O)c2ccc(F)cc2)sc(C(=O)N2CCCC2)c1C. The van der Waals surface area contributed by atoms with Crippen molar-refractivity contribution in [3.05, 3.63) is 51.7 Å². The summed E-state index contributed by atoms with van der Waals surface area (Å²) in [5.74, 6) is -1.73. The van der Waals surface area contributed by atoms with Crippen molar-refractivity contribution in [2.24, 2.45) is 0 Å². The first-order valence-corrected chi connectivity index (χ1v) is 9.32. The van der Waals surface area contributed by atoms with Gasteiger partial charge < -0.3 is 15.0 Å². The Labute approximate surface area is 159 Å². The summed E-state index contributed by atoms with van der Waals surface area (Å²) in [6.07, 6.45) is 1.91. The molecule has 0 bridgehead atoms. The number of carbonyl (C=O) groups excluding carboxylic acids is 3. The molecule has 1 aliphatic rings. The molecule has 0 unspecified atom stereocenters. The van der Waals surface area contributed by atoms with E-state index in [4.69, 9.17) is 4.74 Å². The van der Waals surface area contributed by atoms with Crippen LogP contribution in [0.4, 0.5) is 9.39 Å². The van der Waals surface area contributed by atoms with E-state index in [1.807, 2.05) is 0 Å². The van der Waals surface area contributed by atoms with Gasteiger partial charge in [0.25, 0.3) is 11.8 Å². The first kappa shape index (κ1) is 19.0. The van der Waals surface area contributed by atoms with Gasteiger partial charge in [0.15, 0.2) is 0 Å². The number of likely N-dealkylation sites (tertiary alicyclic amines) is 1. The smallest absolute Gasteiger partial charge is 0.341 e. The molecule has 0 spiro atoms. The second-order valence-corrected chi connectivity index (χ2v) is 7.23. The Kier molecular flexibility index (Phi) is 5.55. The van der Waals surface area contributed by atoms with E-state index in [1.165, 1.54) is 31.4 Å². The number of methoxy groups -OCH3 is 1. The lowest BCUT2D eigenvalue weighted by molar-refractivity contribution is 0.0601. The Balaban J connectivity index is 1.94. The topological polar surface area (TPSA) is 75.7 Å². The van der Waals surface area contributed by atoms with Crippen LogP contribution < -0.4 is 5.32 Å². The molecule has 2 aromatic rings. The first-order chi connectivity index (χ1) is 12.9. The summed E-state index contributed by atoms with van der Waals surface area (Å²) >= 11 is 1.05. The fourth-order valence-corrected chi connectivity index (χ4v) is 4.15. The summed E-state index contributed by atoms with van der Waals surface area (Å²) in [4.78, 5) is 39.6. The van der Waals surface area contributed by atoms with Crippen molar-refractivity contribution in [1.82, 2.24) is 4.90 Å². The molecule has 2 heterocycles. The molecule has 1 N–H and O–H groups in total. The molecule has 1 aliphatic heterocycles. The lowest BCUT2D eigenvalue weighted by Gasteiger charge is -2.14. The number of hydrogen-bond acceptors (Lipinski definition) is 5. The zero-order chi connectivity index (χ0) is 19.6. The third-order valence-corrected chi connectivity index (χ3v) is 5.65. The Bertz CT molecular complexity index is 886. The predicted octanol–water partition coefficient (Wildman–Crippen LogP) is 3.47. The monoisotopic (exact) mass is 390 g/mol. The highest BCUT2D eigenvalue weighted by Crippen LogP contribution is 2.35. The Morgan fingerprint density at radius 3 is 2.37 bits per heavy atom. The van der Waals surface area contributed by atoms with Crippen molar-refractivity contribution in [1.29, 1.82) is 0 Å². The van der Waals surface area contributed by atoms with Crippen LogP contribution in [0.25, 0.3) is 0 Å². The van der Waals surface area contributed by atoms with Crippen molar-refractivity contribution >= 4 is 34.1 Å². The van der Waals surface area contributed by atoms with Gasteiger partial charge in [0, 0.05) is 18.7 Å². The Hall–Kier alpha value is -2.74. The molecule has 2 amide bonds. The predicted molar refractivity (Wildman–Crippen MR) is 99.9 cm³/mol. The van der Waals surface area contributed by atoms with Gasteiger partial charge in [0.2, 0.25) is 0 Å². The normalized spacial score (nSPS) is 13.5. The number of halogens is 1. The van der Waals surface area contributed by atoms with E-state index >= 15 is 0 Å². The molecule has 1 saturated heterocycles. The maximum Gasteiger partial charge on any atom is 0.341 e. The van der Waals surface area contributed by atoms with Gasteiger partial charge in [0.1, 0.15) is 10.8 Å². The number of nitrogens with one attached hydrogen (secondary N) is 1. The molecule has 0 saturated carbocycles. The number of esters is 1. The summed E-state index contributed by atoms with van der Waals surface area (Å²) in [7, 11) is 1.24. The average molecular weight is 390 g/mol. The van der Waals surface area contributed by atoms with E-state index in [1.54, 1.807) is 11.8 Å². The minimum absolute atomic E-state index is 0.151. The number of hydrogen-bond donors (Lipinski definition) is 1. The molecule has 3 rings (SSSR count). The van der Waals surface area contributed by atoms with Gasteiger partial charge in [-0.3, -0.25) is 9.59 Å². The largest absolute Gasteiger partial charge is 0.465 e. The minimum atomic E-state index is -0.626. The summed E-state index contributed by atoms with van der Waals surface area (Å²) in [5.41, 5.74) is 0.893. The molecule has 142 valence electrons. The minimum Gasteiger partial charge on any atom is -0.465 e. The van der Waals surface area contributed by atoms with Crippen LogP contribution in [0.15, 0.2) is 24.3 Å². The standard InChI is InChI=1S/C19H19FN2O4S/c1-11-14(19(25)26-2)17(21-16(23)12-5-7-13(20)8-6-12)27-15(11)18(24)22-9-3-4-10-22/h5-8H,3-4,9-10H2,1-2H3,(H,21,23). The van der Waals surface area contributed by atoms with Crippen LogP contribution >= 0.6 is 11.3 Å². The Morgan fingerprint density at radius 1 is 1.15 bits per heavy atom. The van der Waals surface area contributed by atoms with Crippen LogP contribution in [0.3, 0.4) is 0 Å². The number of benzene rings is 1. The zero-order valence-electron chi connectivity index (χ0n) is 15.0. The second kappa shape index (κ2) is 7.87. The van der Waals surface area contributed by atoms with Crippen LogP contribution in [-0.4, -0.2) is 42.9 Å². The molecule has 1 aromatic heterocycles. The third kappa shape index (κ3) is 3.85. The van der Waals surface area contributed by atoms with E-state index in [9.17, 15) is 18.8 Å². The van der Waals surface area contributed by atoms with Crippen molar-refractivity contribution in [2.75, 3.05) is 25.5 Å². The van der Waals surface area contributed by atoms with Gasteiger partial charge in [0.05, 0.1) is 17.6 Å². The molecule has 1 aromatic carbocycles. The highest BCUT2D eigenvalue weighted by atomic mass is 32.1. The van der Waals surface area contributed by atoms with Crippen LogP contribution in [0, 0.1) is 12.7 Å². The summed E-state index contributed by atoms with van der Waals surface area (Å²) in [5, 5.41) is 2.90. The van der Waals surface area contributed by atoms with Crippen molar-refractivity contribution in [3.63, 3.8) is 0 Å². The molecular formula is C19H19FN2O4S. The molecule has 0 atom stereocenters. The van der Waals surface area contributed by atoms with Gasteiger partial charge >= 0.3 is 5.97 Å². The van der Waals surface area contributed by atoms with E-state index in [0.29, 0.717) is 23.5 Å². The zero-order valence-corrected chi connectivity index (χ0v) is 15.8. The second-order valence-electron chi connectivity index (χ2n) is 6.21. The molecular weight excluding hydrogens is 371 g/mol. The van der Waals surface area contributed by atoms with E-state index < -0.39 is 17.7 Å². The van der Waals surface area contributed by atoms with Crippen LogP contribution in [0.2, 0.25) is 0 Å². The van der Waals surface area contributed by atoms with E-state index in [-0.39, 0.29) is 22.0 Å². The van der Waals surface area contributed by atoms with Gasteiger partial charge in [-0.05, 0) is 49.6 Å². The van der Waals surface area contributed by atoms with Crippen molar-refractivity contribution in [2.45, 2.75) is 19.8 Å². The Morgan fingerprint density at radius 2 is 1.78 bits per heavy atom. The third-order valence-electron chi connectivity index (χ3n) is 4.46. The number of anilines is 1.